The number of pyridine rings is 2. The summed E-state index contributed by atoms with van der Waals surface area (Å²) in [5.74, 6) is 2.17. The first-order valence-corrected chi connectivity index (χ1v) is 10.3. The molecule has 0 unspecified atom stereocenters. The maximum absolute atomic E-state index is 11.2. The zero-order chi connectivity index (χ0) is 21.9. The van der Waals surface area contributed by atoms with Crippen molar-refractivity contribution in [2.45, 2.75) is 0 Å². The molecule has 9 heteroatoms. The summed E-state index contributed by atoms with van der Waals surface area (Å²) in [5, 5.41) is 14.5. The molecule has 1 aromatic carbocycles. The molecule has 2 N–H and O–H groups in total. The second-order valence-corrected chi connectivity index (χ2v) is 7.46. The zero-order valence-corrected chi connectivity index (χ0v) is 17.2. The van der Waals surface area contributed by atoms with Crippen LogP contribution in [0.15, 0.2) is 67.3 Å². The zero-order valence-electron chi connectivity index (χ0n) is 17.2. The van der Waals surface area contributed by atoms with E-state index in [0.717, 1.165) is 27.8 Å². The van der Waals surface area contributed by atoms with Crippen molar-refractivity contribution in [1.29, 1.82) is 0 Å². The van der Waals surface area contributed by atoms with Gasteiger partial charge in [0.2, 0.25) is 0 Å². The molecular formula is C23H21N7O2. The molecule has 1 aliphatic rings. The summed E-state index contributed by atoms with van der Waals surface area (Å²) in [6.45, 7) is 2.12. The van der Waals surface area contributed by atoms with Gasteiger partial charge in [0, 0.05) is 49.5 Å². The molecule has 0 bridgehead atoms. The Labute approximate surface area is 184 Å². The number of benzene rings is 1. The SMILES string of the molecule is O=C(O)N1CCN(c2cc(-c3nc(Nc4ccncn4)cc4ccccc34)ccn2)CC1. The van der Waals surface area contributed by atoms with Crippen LogP contribution >= 0.6 is 0 Å². The molecule has 1 saturated heterocycles. The fourth-order valence-corrected chi connectivity index (χ4v) is 3.84. The number of carboxylic acid groups (broad SMARTS) is 1. The van der Waals surface area contributed by atoms with Crippen LogP contribution in [0.25, 0.3) is 22.0 Å². The van der Waals surface area contributed by atoms with Crippen LogP contribution in [0.1, 0.15) is 0 Å². The number of fused-ring (bicyclic) bond motifs is 1. The number of rotatable bonds is 4. The Balaban J connectivity index is 1.50. The third kappa shape index (κ3) is 4.00. The second-order valence-electron chi connectivity index (χ2n) is 7.46. The molecule has 32 heavy (non-hydrogen) atoms. The van der Waals surface area contributed by atoms with Crippen molar-refractivity contribution < 1.29 is 9.90 Å². The second kappa shape index (κ2) is 8.46. The quantitative estimate of drug-likeness (QED) is 0.508. The smallest absolute Gasteiger partial charge is 0.407 e. The fourth-order valence-electron chi connectivity index (χ4n) is 3.84. The van der Waals surface area contributed by atoms with E-state index in [0.29, 0.717) is 37.8 Å². The molecule has 1 fully saturated rings. The number of hydrogen-bond donors (Lipinski definition) is 2. The summed E-state index contributed by atoms with van der Waals surface area (Å²) in [4.78, 5) is 32.3. The van der Waals surface area contributed by atoms with Crippen LogP contribution in [-0.4, -0.2) is 62.2 Å². The number of nitrogens with one attached hydrogen (secondary N) is 1. The summed E-state index contributed by atoms with van der Waals surface area (Å²) in [6.07, 6.45) is 4.06. The Bertz CT molecular complexity index is 1260. The van der Waals surface area contributed by atoms with Crippen LogP contribution in [0.4, 0.5) is 22.2 Å². The van der Waals surface area contributed by atoms with E-state index in [9.17, 15) is 9.90 Å². The first-order valence-electron chi connectivity index (χ1n) is 10.3. The van der Waals surface area contributed by atoms with Crippen LogP contribution in [0.3, 0.4) is 0 Å². The monoisotopic (exact) mass is 427 g/mol. The average Bonchev–Trinajstić information content (AvgIpc) is 2.84. The van der Waals surface area contributed by atoms with E-state index in [4.69, 9.17) is 4.98 Å². The molecule has 1 aliphatic heterocycles. The van der Waals surface area contributed by atoms with E-state index in [2.05, 4.69) is 37.3 Å². The molecular weight excluding hydrogens is 406 g/mol. The molecule has 3 aromatic heterocycles. The molecule has 0 atom stereocenters. The van der Waals surface area contributed by atoms with Gasteiger partial charge in [0.25, 0.3) is 0 Å². The number of amides is 1. The van der Waals surface area contributed by atoms with Crippen LogP contribution < -0.4 is 10.2 Å². The normalized spacial score (nSPS) is 13.9. The van der Waals surface area contributed by atoms with Gasteiger partial charge >= 0.3 is 6.09 Å². The number of aromatic nitrogens is 4. The highest BCUT2D eigenvalue weighted by Crippen LogP contribution is 2.31. The van der Waals surface area contributed by atoms with Crippen molar-refractivity contribution in [3.05, 3.63) is 67.3 Å². The van der Waals surface area contributed by atoms with E-state index in [1.165, 1.54) is 11.2 Å². The lowest BCUT2D eigenvalue weighted by molar-refractivity contribution is 0.142. The molecule has 0 spiro atoms. The molecule has 0 aliphatic carbocycles. The molecule has 4 heterocycles. The largest absolute Gasteiger partial charge is 0.465 e. The topological polar surface area (TPSA) is 107 Å². The van der Waals surface area contributed by atoms with E-state index >= 15 is 0 Å². The van der Waals surface area contributed by atoms with Gasteiger partial charge in [0.05, 0.1) is 5.69 Å². The Morgan fingerprint density at radius 3 is 2.56 bits per heavy atom. The van der Waals surface area contributed by atoms with Gasteiger partial charge in [-0.3, -0.25) is 0 Å². The van der Waals surface area contributed by atoms with Gasteiger partial charge in [-0.2, -0.15) is 0 Å². The van der Waals surface area contributed by atoms with Gasteiger partial charge in [0.15, 0.2) is 0 Å². The van der Waals surface area contributed by atoms with Gasteiger partial charge < -0.3 is 20.2 Å². The van der Waals surface area contributed by atoms with Crippen LogP contribution in [-0.2, 0) is 0 Å². The number of hydrogen-bond acceptors (Lipinski definition) is 7. The Morgan fingerprint density at radius 2 is 1.78 bits per heavy atom. The minimum atomic E-state index is -0.880. The van der Waals surface area contributed by atoms with Gasteiger partial charge in [-0.05, 0) is 29.7 Å². The third-order valence-electron chi connectivity index (χ3n) is 5.47. The predicted molar refractivity (Wildman–Crippen MR) is 122 cm³/mol. The molecule has 160 valence electrons. The Hall–Kier alpha value is -4.27. The molecule has 0 radical (unpaired) electrons. The summed E-state index contributed by atoms with van der Waals surface area (Å²) in [5.41, 5.74) is 1.78. The van der Waals surface area contributed by atoms with Crippen molar-refractivity contribution in [2.75, 3.05) is 36.4 Å². The number of nitrogens with zero attached hydrogens (tertiary/aromatic N) is 6. The number of carbonyl (C=O) groups is 1. The molecule has 9 nitrogen and oxygen atoms in total. The lowest BCUT2D eigenvalue weighted by Crippen LogP contribution is -2.48. The highest BCUT2D eigenvalue weighted by molar-refractivity contribution is 5.96. The van der Waals surface area contributed by atoms with Gasteiger partial charge in [-0.1, -0.05) is 24.3 Å². The standard InChI is InChI=1S/C23H21N7O2/c31-23(32)30-11-9-29(10-12-30)21-14-17(5-8-25-21)22-18-4-2-1-3-16(18)13-20(28-22)27-19-6-7-24-15-26-19/h1-8,13-15H,9-12H2,(H,31,32)(H,24,26,27,28). The Kier molecular flexibility index (Phi) is 5.20. The third-order valence-corrected chi connectivity index (χ3v) is 5.47. The van der Waals surface area contributed by atoms with Crippen LogP contribution in [0.5, 0.6) is 0 Å². The highest BCUT2D eigenvalue weighted by atomic mass is 16.4. The molecule has 0 saturated carbocycles. The van der Waals surface area contributed by atoms with E-state index in [1.807, 2.05) is 30.3 Å². The first kappa shape index (κ1) is 19.7. The minimum Gasteiger partial charge on any atom is -0.465 e. The van der Waals surface area contributed by atoms with Crippen molar-refractivity contribution >= 4 is 34.3 Å². The lowest BCUT2D eigenvalue weighted by Gasteiger charge is -2.34. The van der Waals surface area contributed by atoms with Crippen molar-refractivity contribution in [3.63, 3.8) is 0 Å². The summed E-state index contributed by atoms with van der Waals surface area (Å²) < 4.78 is 0. The van der Waals surface area contributed by atoms with Crippen LogP contribution in [0, 0.1) is 0 Å². The van der Waals surface area contributed by atoms with E-state index < -0.39 is 6.09 Å². The van der Waals surface area contributed by atoms with Crippen LogP contribution in [0.2, 0.25) is 0 Å². The molecule has 5 rings (SSSR count). The number of piperazine rings is 1. The van der Waals surface area contributed by atoms with E-state index in [-0.39, 0.29) is 0 Å². The van der Waals surface area contributed by atoms with Crippen molar-refractivity contribution in [2.24, 2.45) is 0 Å². The lowest BCUT2D eigenvalue weighted by atomic mass is 10.0. The predicted octanol–water partition coefficient (Wildman–Crippen LogP) is 3.63. The van der Waals surface area contributed by atoms with Crippen molar-refractivity contribution in [1.82, 2.24) is 24.8 Å². The molecule has 1 amide bonds. The van der Waals surface area contributed by atoms with Gasteiger partial charge in [0.1, 0.15) is 23.8 Å². The highest BCUT2D eigenvalue weighted by Gasteiger charge is 2.21. The summed E-state index contributed by atoms with van der Waals surface area (Å²) >= 11 is 0. The maximum atomic E-state index is 11.2. The maximum Gasteiger partial charge on any atom is 0.407 e. The van der Waals surface area contributed by atoms with E-state index in [1.54, 1.807) is 18.5 Å². The summed E-state index contributed by atoms with van der Waals surface area (Å²) in [6, 6.07) is 15.8. The Morgan fingerprint density at radius 1 is 0.938 bits per heavy atom. The molecule has 4 aromatic rings. The first-order chi connectivity index (χ1) is 15.7. The van der Waals surface area contributed by atoms with Crippen molar-refractivity contribution in [3.8, 4) is 11.3 Å². The summed E-state index contributed by atoms with van der Waals surface area (Å²) in [7, 11) is 0. The van der Waals surface area contributed by atoms with Gasteiger partial charge in [-0.25, -0.2) is 24.7 Å². The van der Waals surface area contributed by atoms with Gasteiger partial charge in [-0.15, -0.1) is 0 Å². The number of anilines is 3. The average molecular weight is 427 g/mol. The fraction of sp³-hybridized carbons (Fsp3) is 0.174. The minimum absolute atomic E-state index is 0.459.